The van der Waals surface area contributed by atoms with Gasteiger partial charge in [-0.1, -0.05) is 6.92 Å². The second-order valence-electron chi connectivity index (χ2n) is 5.55. The maximum absolute atomic E-state index is 12.8. The van der Waals surface area contributed by atoms with E-state index in [4.69, 9.17) is 10.5 Å². The van der Waals surface area contributed by atoms with Crippen LogP contribution in [-0.4, -0.2) is 41.7 Å². The minimum Gasteiger partial charge on any atom is -0.397 e. The van der Waals surface area contributed by atoms with E-state index in [1.54, 1.807) is 13.2 Å². The van der Waals surface area contributed by atoms with Gasteiger partial charge in [-0.25, -0.2) is 0 Å². The summed E-state index contributed by atoms with van der Waals surface area (Å²) in [6.07, 6.45) is 5.08. The molecule has 5 nitrogen and oxygen atoms in total. The second-order valence-corrected chi connectivity index (χ2v) is 5.55. The fraction of sp³-hybridized carbons (Fsp3) is 0.667. The molecule has 0 bridgehead atoms. The molecule has 0 radical (unpaired) electrons. The van der Waals surface area contributed by atoms with Gasteiger partial charge >= 0.3 is 0 Å². The van der Waals surface area contributed by atoms with E-state index in [0.717, 1.165) is 19.3 Å². The molecule has 1 amide bonds. The van der Waals surface area contributed by atoms with Gasteiger partial charge in [0.15, 0.2) is 0 Å². The van der Waals surface area contributed by atoms with Crippen LogP contribution in [0.25, 0.3) is 0 Å². The van der Waals surface area contributed by atoms with Crippen LogP contribution in [0, 0.1) is 0 Å². The Bertz CT molecular complexity index is 466. The largest absolute Gasteiger partial charge is 0.397 e. The molecule has 1 unspecified atom stereocenters. The molecule has 1 atom stereocenters. The van der Waals surface area contributed by atoms with Gasteiger partial charge in [0.2, 0.25) is 0 Å². The van der Waals surface area contributed by atoms with Gasteiger partial charge in [0.1, 0.15) is 5.69 Å². The molecule has 1 aliphatic carbocycles. The van der Waals surface area contributed by atoms with Crippen molar-refractivity contribution in [2.45, 2.75) is 45.2 Å². The van der Waals surface area contributed by atoms with Crippen LogP contribution in [0.1, 0.15) is 49.6 Å². The van der Waals surface area contributed by atoms with Crippen molar-refractivity contribution >= 4 is 11.6 Å². The number of hydrogen-bond acceptors (Lipinski definition) is 3. The molecule has 1 saturated carbocycles. The lowest BCUT2D eigenvalue weighted by atomic mass is 10.2. The molecule has 0 saturated heterocycles. The number of nitrogens with zero attached hydrogens (tertiary/aromatic N) is 2. The number of nitrogen functional groups attached to an aromatic ring is 1. The maximum atomic E-state index is 12.8. The van der Waals surface area contributed by atoms with Gasteiger partial charge in [0, 0.05) is 31.9 Å². The molecular formula is C15H25N3O2. The first-order valence-electron chi connectivity index (χ1n) is 7.35. The third kappa shape index (κ3) is 3.15. The number of aromatic nitrogens is 1. The predicted molar refractivity (Wildman–Crippen MR) is 79.8 cm³/mol. The van der Waals surface area contributed by atoms with Crippen molar-refractivity contribution in [3.05, 3.63) is 18.0 Å². The Morgan fingerprint density at radius 1 is 1.60 bits per heavy atom. The molecule has 1 aromatic rings. The highest BCUT2D eigenvalue weighted by molar-refractivity contribution is 5.94. The Labute approximate surface area is 120 Å². The highest BCUT2D eigenvalue weighted by Crippen LogP contribution is 2.37. The summed E-state index contributed by atoms with van der Waals surface area (Å²) in [5, 5.41) is 0. The summed E-state index contributed by atoms with van der Waals surface area (Å²) >= 11 is 0. The molecule has 1 fully saturated rings. The Morgan fingerprint density at radius 2 is 2.30 bits per heavy atom. The van der Waals surface area contributed by atoms with Crippen LogP contribution < -0.4 is 5.73 Å². The van der Waals surface area contributed by atoms with E-state index in [1.807, 2.05) is 15.7 Å². The fourth-order valence-electron chi connectivity index (χ4n) is 2.41. The summed E-state index contributed by atoms with van der Waals surface area (Å²) in [7, 11) is 1.66. The smallest absolute Gasteiger partial charge is 0.270 e. The van der Waals surface area contributed by atoms with Gasteiger partial charge in [-0.15, -0.1) is 0 Å². The molecule has 2 N–H and O–H groups in total. The van der Waals surface area contributed by atoms with Crippen LogP contribution in [0.5, 0.6) is 0 Å². The summed E-state index contributed by atoms with van der Waals surface area (Å²) in [6, 6.07) is 2.44. The number of amides is 1. The number of anilines is 1. The van der Waals surface area contributed by atoms with Crippen LogP contribution in [0.4, 0.5) is 5.69 Å². The zero-order valence-corrected chi connectivity index (χ0v) is 12.6. The average Bonchev–Trinajstić information content (AvgIpc) is 3.21. The topological polar surface area (TPSA) is 60.5 Å². The lowest BCUT2D eigenvalue weighted by Gasteiger charge is -2.28. The van der Waals surface area contributed by atoms with Crippen LogP contribution in [0.15, 0.2) is 12.3 Å². The third-order valence-electron chi connectivity index (χ3n) is 3.95. The molecule has 5 heteroatoms. The molecule has 1 aromatic heterocycles. The lowest BCUT2D eigenvalue weighted by Crippen LogP contribution is -2.41. The monoisotopic (exact) mass is 279 g/mol. The molecule has 1 aliphatic rings. The normalized spacial score (nSPS) is 16.1. The first-order chi connectivity index (χ1) is 9.58. The average molecular weight is 279 g/mol. The van der Waals surface area contributed by atoms with Crippen molar-refractivity contribution in [2.24, 2.45) is 0 Å². The van der Waals surface area contributed by atoms with Crippen molar-refractivity contribution in [3.63, 3.8) is 0 Å². The second kappa shape index (κ2) is 6.31. The van der Waals surface area contributed by atoms with E-state index in [0.29, 0.717) is 30.6 Å². The highest BCUT2D eigenvalue weighted by atomic mass is 16.5. The summed E-state index contributed by atoms with van der Waals surface area (Å²) in [5.41, 5.74) is 7.25. The van der Waals surface area contributed by atoms with E-state index in [2.05, 4.69) is 13.8 Å². The standard InChI is InChI=1S/C15H25N3O2/c1-4-11(2)17(7-8-20-3)15(19)14-9-12(16)10-18(14)13-5-6-13/h9-11,13H,4-8,16H2,1-3H3. The van der Waals surface area contributed by atoms with Gasteiger partial charge in [0.05, 0.1) is 12.3 Å². The quantitative estimate of drug-likeness (QED) is 0.833. The Hall–Kier alpha value is -1.49. The SMILES string of the molecule is CCC(C)N(CCOC)C(=O)c1cc(N)cn1C1CC1. The van der Waals surface area contributed by atoms with Crippen LogP contribution >= 0.6 is 0 Å². The lowest BCUT2D eigenvalue weighted by molar-refractivity contribution is 0.0603. The van der Waals surface area contributed by atoms with Crippen LogP contribution in [0.3, 0.4) is 0 Å². The van der Waals surface area contributed by atoms with E-state index in [-0.39, 0.29) is 11.9 Å². The van der Waals surface area contributed by atoms with Crippen molar-refractivity contribution < 1.29 is 9.53 Å². The van der Waals surface area contributed by atoms with Gasteiger partial charge < -0.3 is 19.9 Å². The first-order valence-corrected chi connectivity index (χ1v) is 7.35. The summed E-state index contributed by atoms with van der Waals surface area (Å²) in [5.74, 6) is 0.0556. The molecule has 0 aliphatic heterocycles. The van der Waals surface area contributed by atoms with Crippen LogP contribution in [-0.2, 0) is 4.74 Å². The summed E-state index contributed by atoms with van der Waals surface area (Å²) in [6.45, 7) is 5.32. The first kappa shape index (κ1) is 14.9. The maximum Gasteiger partial charge on any atom is 0.270 e. The minimum absolute atomic E-state index is 0.0556. The number of methoxy groups -OCH3 is 1. The highest BCUT2D eigenvalue weighted by Gasteiger charge is 2.30. The van der Waals surface area contributed by atoms with E-state index in [1.165, 1.54) is 0 Å². The number of rotatable bonds is 7. The van der Waals surface area contributed by atoms with Gasteiger partial charge in [-0.05, 0) is 32.3 Å². The molecule has 2 rings (SSSR count). The van der Waals surface area contributed by atoms with Crippen molar-refractivity contribution in [1.82, 2.24) is 9.47 Å². The van der Waals surface area contributed by atoms with Gasteiger partial charge in [-0.3, -0.25) is 4.79 Å². The predicted octanol–water partition coefficient (Wildman–Crippen LogP) is 2.29. The Kier molecular flexibility index (Phi) is 4.70. The molecule has 0 aromatic carbocycles. The molecule has 112 valence electrons. The van der Waals surface area contributed by atoms with Crippen molar-refractivity contribution in [1.29, 1.82) is 0 Å². The number of nitrogens with two attached hydrogens (primary N) is 1. The number of ether oxygens (including phenoxy) is 1. The fourth-order valence-corrected chi connectivity index (χ4v) is 2.41. The number of carbonyl (C=O) groups is 1. The van der Waals surface area contributed by atoms with Gasteiger partial charge in [0.25, 0.3) is 5.91 Å². The number of hydrogen-bond donors (Lipinski definition) is 1. The Morgan fingerprint density at radius 3 is 2.85 bits per heavy atom. The summed E-state index contributed by atoms with van der Waals surface area (Å²) in [4.78, 5) is 14.7. The molecule has 0 spiro atoms. The van der Waals surface area contributed by atoms with Gasteiger partial charge in [-0.2, -0.15) is 0 Å². The molecule has 1 heterocycles. The molecule has 20 heavy (non-hydrogen) atoms. The van der Waals surface area contributed by atoms with Crippen LogP contribution in [0.2, 0.25) is 0 Å². The number of carbonyl (C=O) groups excluding carboxylic acids is 1. The zero-order chi connectivity index (χ0) is 14.7. The summed E-state index contributed by atoms with van der Waals surface area (Å²) < 4.78 is 7.16. The zero-order valence-electron chi connectivity index (χ0n) is 12.6. The minimum atomic E-state index is 0.0556. The van der Waals surface area contributed by atoms with E-state index >= 15 is 0 Å². The van der Waals surface area contributed by atoms with E-state index < -0.39 is 0 Å². The molecular weight excluding hydrogens is 254 g/mol. The van der Waals surface area contributed by atoms with E-state index in [9.17, 15) is 4.79 Å². The Balaban J connectivity index is 2.21. The van der Waals surface area contributed by atoms with Crippen molar-refractivity contribution in [3.8, 4) is 0 Å². The third-order valence-corrected chi connectivity index (χ3v) is 3.95. The van der Waals surface area contributed by atoms with Crippen molar-refractivity contribution in [2.75, 3.05) is 26.0 Å².